The zero-order valence-electron chi connectivity index (χ0n) is 27.6. The molecule has 2 saturated carbocycles. The van der Waals surface area contributed by atoms with E-state index in [0.29, 0.717) is 25.2 Å². The van der Waals surface area contributed by atoms with E-state index in [4.69, 9.17) is 4.74 Å². The van der Waals surface area contributed by atoms with E-state index in [0.717, 1.165) is 30.4 Å². The van der Waals surface area contributed by atoms with Crippen molar-refractivity contribution in [3.05, 3.63) is 69.9 Å². The van der Waals surface area contributed by atoms with Gasteiger partial charge in [-0.05, 0) is 128 Å². The van der Waals surface area contributed by atoms with Gasteiger partial charge >= 0.3 is 0 Å². The molecule has 232 valence electrons. The van der Waals surface area contributed by atoms with Crippen LogP contribution in [0.15, 0.2) is 64.3 Å². The van der Waals surface area contributed by atoms with E-state index < -0.39 is 22.0 Å². The minimum Gasteiger partial charge on any atom is -0.504 e. The number of aromatic hydroxyl groups is 1. The lowest BCUT2D eigenvalue weighted by atomic mass is 9.37. The highest BCUT2D eigenvalue weighted by molar-refractivity contribution is 6.35. The van der Waals surface area contributed by atoms with Crippen molar-refractivity contribution in [2.24, 2.45) is 28.1 Å². The van der Waals surface area contributed by atoms with Crippen LogP contribution in [0.2, 0.25) is 0 Å². The summed E-state index contributed by atoms with van der Waals surface area (Å²) < 4.78 is 5.21. The van der Waals surface area contributed by atoms with Crippen LogP contribution in [0.5, 0.6) is 11.5 Å². The molecule has 0 aliphatic heterocycles. The molecular formula is C38H50O5. The van der Waals surface area contributed by atoms with E-state index in [-0.39, 0.29) is 46.5 Å². The maximum absolute atomic E-state index is 15.3. The van der Waals surface area contributed by atoms with Crippen LogP contribution < -0.4 is 4.74 Å². The molecule has 2 unspecified atom stereocenters. The predicted molar refractivity (Wildman–Crippen MR) is 172 cm³/mol. The summed E-state index contributed by atoms with van der Waals surface area (Å²) in [5.74, 6) is -0.229. The molecule has 0 saturated heterocycles. The number of allylic oxidation sites excluding steroid dienone is 8. The summed E-state index contributed by atoms with van der Waals surface area (Å²) in [6.45, 7) is 16.5. The standard InChI is InChI=1S/C38H50O5/c1-23(2)10-12-26-13-16-29-32(33(40)27-14-17-31(43-9)30(39)20-27)34(41)38(19-18-25(5)6)35(42)37(29,21-26)22-28(36(38,7)8)15-11-24(3)4/h10-11,14,17-18,20,26,28,39H,12-13,15-16,19,21-22H2,1-9H3/t26-,28-,37?,38?/m1/s1. The second-order valence-electron chi connectivity index (χ2n) is 14.5. The lowest BCUT2D eigenvalue weighted by molar-refractivity contribution is -0.171. The van der Waals surface area contributed by atoms with Crippen molar-refractivity contribution < 1.29 is 24.2 Å². The number of ketones is 3. The first-order chi connectivity index (χ1) is 20.1. The number of phenols is 1. The van der Waals surface area contributed by atoms with Crippen molar-refractivity contribution in [2.45, 2.75) is 100 Å². The largest absolute Gasteiger partial charge is 0.504 e. The van der Waals surface area contributed by atoms with E-state index in [9.17, 15) is 9.90 Å². The molecule has 3 aliphatic carbocycles. The molecule has 4 rings (SSSR count). The maximum atomic E-state index is 15.3. The average molecular weight is 587 g/mol. The Kier molecular flexibility index (Phi) is 9.17. The van der Waals surface area contributed by atoms with Crippen LogP contribution in [0.3, 0.4) is 0 Å². The molecule has 1 aromatic rings. The maximum Gasteiger partial charge on any atom is 0.196 e. The molecule has 0 amide bonds. The van der Waals surface area contributed by atoms with Crippen LogP contribution in [0.4, 0.5) is 0 Å². The van der Waals surface area contributed by atoms with Gasteiger partial charge < -0.3 is 9.84 Å². The Morgan fingerprint density at radius 1 is 0.953 bits per heavy atom. The zero-order valence-corrected chi connectivity index (χ0v) is 27.6. The minimum absolute atomic E-state index is 0.0204. The Morgan fingerprint density at radius 3 is 2.16 bits per heavy atom. The number of hydrogen-bond donors (Lipinski definition) is 1. The second-order valence-corrected chi connectivity index (χ2v) is 14.5. The van der Waals surface area contributed by atoms with E-state index in [1.165, 1.54) is 24.3 Å². The molecule has 0 heterocycles. The first-order valence-corrected chi connectivity index (χ1v) is 15.8. The summed E-state index contributed by atoms with van der Waals surface area (Å²) in [5, 5.41) is 10.5. The van der Waals surface area contributed by atoms with Gasteiger partial charge in [-0.2, -0.15) is 0 Å². The Bertz CT molecular complexity index is 1440. The zero-order chi connectivity index (χ0) is 31.9. The van der Waals surface area contributed by atoms with Gasteiger partial charge in [-0.3, -0.25) is 14.4 Å². The summed E-state index contributed by atoms with van der Waals surface area (Å²) in [4.78, 5) is 44.8. The van der Waals surface area contributed by atoms with Crippen molar-refractivity contribution in [2.75, 3.05) is 7.11 Å². The normalized spacial score (nSPS) is 27.7. The molecule has 4 atom stereocenters. The van der Waals surface area contributed by atoms with Crippen LogP contribution in [-0.4, -0.2) is 29.6 Å². The number of carbonyl (C=O) groups is 3. The average Bonchev–Trinajstić information content (AvgIpc) is 2.93. The van der Waals surface area contributed by atoms with E-state index in [1.54, 1.807) is 12.1 Å². The predicted octanol–water partition coefficient (Wildman–Crippen LogP) is 8.92. The Labute approximate surface area is 258 Å². The highest BCUT2D eigenvalue weighted by Gasteiger charge is 2.72. The third-order valence-electron chi connectivity index (χ3n) is 10.6. The summed E-state index contributed by atoms with van der Waals surface area (Å²) >= 11 is 0. The van der Waals surface area contributed by atoms with E-state index >= 15 is 9.59 Å². The first-order valence-electron chi connectivity index (χ1n) is 15.8. The molecule has 43 heavy (non-hydrogen) atoms. The molecule has 1 N–H and O–H groups in total. The van der Waals surface area contributed by atoms with Gasteiger partial charge in [0, 0.05) is 5.56 Å². The van der Waals surface area contributed by atoms with Crippen LogP contribution in [0.25, 0.3) is 0 Å². The molecule has 2 bridgehead atoms. The number of hydrogen-bond acceptors (Lipinski definition) is 5. The summed E-state index contributed by atoms with van der Waals surface area (Å²) in [6, 6.07) is 4.54. The van der Waals surface area contributed by atoms with Crippen LogP contribution >= 0.6 is 0 Å². The van der Waals surface area contributed by atoms with E-state index in [2.05, 4.69) is 53.7 Å². The monoisotopic (exact) mass is 586 g/mol. The fourth-order valence-corrected chi connectivity index (χ4v) is 8.05. The van der Waals surface area contributed by atoms with Crippen molar-refractivity contribution in [3.63, 3.8) is 0 Å². The van der Waals surface area contributed by atoms with Crippen LogP contribution in [0, 0.1) is 28.1 Å². The van der Waals surface area contributed by atoms with Crippen LogP contribution in [0.1, 0.15) is 111 Å². The van der Waals surface area contributed by atoms with Gasteiger partial charge in [0.1, 0.15) is 5.41 Å². The first kappa shape index (κ1) is 32.7. The number of methoxy groups -OCH3 is 1. The number of fused-ring (bicyclic) bond motifs is 1. The highest BCUT2D eigenvalue weighted by atomic mass is 16.5. The Hall–Kier alpha value is -3.21. The van der Waals surface area contributed by atoms with Crippen molar-refractivity contribution >= 4 is 17.3 Å². The Morgan fingerprint density at radius 2 is 1.58 bits per heavy atom. The molecule has 1 spiro atoms. The van der Waals surface area contributed by atoms with Gasteiger partial charge in [0.15, 0.2) is 28.8 Å². The lowest BCUT2D eigenvalue weighted by Gasteiger charge is -2.63. The molecule has 5 heteroatoms. The molecule has 5 nitrogen and oxygen atoms in total. The number of ether oxygens (including phenoxy) is 1. The van der Waals surface area contributed by atoms with Crippen molar-refractivity contribution in [3.8, 4) is 11.5 Å². The Balaban J connectivity index is 2.02. The highest BCUT2D eigenvalue weighted by Crippen LogP contribution is 2.69. The van der Waals surface area contributed by atoms with Gasteiger partial charge in [-0.1, -0.05) is 48.8 Å². The van der Waals surface area contributed by atoms with Crippen molar-refractivity contribution in [1.29, 1.82) is 0 Å². The fourth-order valence-electron chi connectivity index (χ4n) is 8.05. The number of benzene rings is 1. The SMILES string of the molecule is COc1ccc(C(=O)C2=C3CC[C@@H](CC=C(C)C)CC34C[C@@H](CC=C(C)C)C(C)(C)C(CC=C(C)C)(C2=O)C4=O)cc1O. The molecule has 1 aromatic carbocycles. The fraction of sp³-hybridized carbons (Fsp3) is 0.553. The second kappa shape index (κ2) is 12.1. The third-order valence-corrected chi connectivity index (χ3v) is 10.6. The minimum atomic E-state index is -1.36. The molecular weight excluding hydrogens is 536 g/mol. The van der Waals surface area contributed by atoms with Gasteiger partial charge in [-0.15, -0.1) is 0 Å². The van der Waals surface area contributed by atoms with Crippen molar-refractivity contribution in [1.82, 2.24) is 0 Å². The number of carbonyl (C=O) groups excluding carboxylic acids is 3. The topological polar surface area (TPSA) is 80.7 Å². The van der Waals surface area contributed by atoms with Gasteiger partial charge in [-0.25, -0.2) is 0 Å². The quantitative estimate of drug-likeness (QED) is 0.135. The lowest BCUT2D eigenvalue weighted by Crippen LogP contribution is -2.67. The van der Waals surface area contributed by atoms with Crippen LogP contribution in [-0.2, 0) is 9.59 Å². The third kappa shape index (κ3) is 5.49. The van der Waals surface area contributed by atoms with E-state index in [1.807, 2.05) is 19.9 Å². The molecule has 2 fully saturated rings. The van der Waals surface area contributed by atoms with Gasteiger partial charge in [0.05, 0.1) is 18.1 Å². The molecule has 0 radical (unpaired) electrons. The van der Waals surface area contributed by atoms with Gasteiger partial charge in [0.25, 0.3) is 0 Å². The number of rotatable bonds is 9. The van der Waals surface area contributed by atoms with Gasteiger partial charge in [0.2, 0.25) is 0 Å². The summed E-state index contributed by atoms with van der Waals surface area (Å²) in [7, 11) is 1.46. The molecule has 0 aromatic heterocycles. The number of Topliss-reactive ketones (excluding diaryl/α,β-unsaturated/α-hetero) is 3. The number of phenolic OH excluding ortho intramolecular Hbond substituents is 1. The summed E-state index contributed by atoms with van der Waals surface area (Å²) in [6.07, 6.45) is 11.1. The molecule has 3 aliphatic rings. The summed E-state index contributed by atoms with van der Waals surface area (Å²) in [5.41, 5.74) is 1.76. The smallest absolute Gasteiger partial charge is 0.196 e.